The molecule has 0 radical (unpaired) electrons. The Labute approximate surface area is 212 Å². The van der Waals surface area contributed by atoms with E-state index in [1.807, 2.05) is 41.5 Å². The summed E-state index contributed by atoms with van der Waals surface area (Å²) in [5.74, 6) is -2.82. The lowest BCUT2D eigenvalue weighted by Gasteiger charge is -2.33. The fourth-order valence-corrected chi connectivity index (χ4v) is 4.05. The Kier molecular flexibility index (Phi) is 8.44. The lowest BCUT2D eigenvalue weighted by atomic mass is 9.69. The minimum Gasteiger partial charge on any atom is -0.507 e. The van der Waals surface area contributed by atoms with Gasteiger partial charge in [-0.2, -0.15) is 0 Å². The van der Waals surface area contributed by atoms with Crippen LogP contribution in [0.3, 0.4) is 0 Å². The van der Waals surface area contributed by atoms with E-state index in [1.165, 1.54) is 36.4 Å². The number of aromatic hydroxyl groups is 1. The number of phenolic OH excluding ortho intramolecular Hbond substituents is 1. The van der Waals surface area contributed by atoms with Crippen LogP contribution in [-0.2, 0) is 35.3 Å². The summed E-state index contributed by atoms with van der Waals surface area (Å²) in [7, 11) is 0. The van der Waals surface area contributed by atoms with E-state index < -0.39 is 34.0 Å². The molecule has 35 heavy (non-hydrogen) atoms. The standard InChI is InChI=1S/C28H35ClO6/c1-9-34-24(32)28(25(33)35-10-2,23(31)17-11-13-19(29)14-12-17)18-15-20(26(3,4)5)22(30)21(16-18)27(6,7)8/h11-16,30H,9-10H2,1-8H3. The number of phenols is 1. The lowest BCUT2D eigenvalue weighted by Crippen LogP contribution is -2.53. The van der Waals surface area contributed by atoms with E-state index in [2.05, 4.69) is 0 Å². The van der Waals surface area contributed by atoms with Crippen molar-refractivity contribution in [1.82, 2.24) is 0 Å². The molecule has 0 aliphatic rings. The van der Waals surface area contributed by atoms with Crippen molar-refractivity contribution in [1.29, 1.82) is 0 Å². The van der Waals surface area contributed by atoms with E-state index in [-0.39, 0.29) is 30.1 Å². The molecule has 0 aliphatic heterocycles. The quantitative estimate of drug-likeness (QED) is 0.288. The molecule has 0 saturated heterocycles. The number of hydrogen-bond acceptors (Lipinski definition) is 6. The number of halogens is 1. The molecule has 2 rings (SSSR count). The molecule has 0 fully saturated rings. The molecular weight excluding hydrogens is 468 g/mol. The Balaban J connectivity index is 3.09. The van der Waals surface area contributed by atoms with Gasteiger partial charge in [0.25, 0.3) is 5.41 Å². The second kappa shape index (κ2) is 10.4. The maximum atomic E-state index is 14.1. The molecule has 0 aromatic heterocycles. The first kappa shape index (κ1) is 28.4. The number of ether oxygens (including phenoxy) is 2. The SMILES string of the molecule is CCOC(=O)C(C(=O)OCC)(C(=O)c1ccc(Cl)cc1)c1cc(C(C)(C)C)c(O)c(C(C)(C)C)c1. The highest BCUT2D eigenvalue weighted by atomic mass is 35.5. The van der Waals surface area contributed by atoms with Gasteiger partial charge in [0.15, 0.2) is 5.78 Å². The fourth-order valence-electron chi connectivity index (χ4n) is 3.93. The van der Waals surface area contributed by atoms with Gasteiger partial charge >= 0.3 is 11.9 Å². The van der Waals surface area contributed by atoms with Gasteiger partial charge in [-0.25, -0.2) is 9.59 Å². The largest absolute Gasteiger partial charge is 0.507 e. The highest BCUT2D eigenvalue weighted by molar-refractivity contribution is 6.32. The van der Waals surface area contributed by atoms with E-state index in [0.717, 1.165) is 0 Å². The maximum Gasteiger partial charge on any atom is 0.336 e. The number of rotatable bonds is 7. The third-order valence-electron chi connectivity index (χ3n) is 5.77. The van der Waals surface area contributed by atoms with Gasteiger partial charge in [-0.05, 0) is 77.8 Å². The minimum absolute atomic E-state index is 0.0503. The predicted molar refractivity (Wildman–Crippen MR) is 136 cm³/mol. The monoisotopic (exact) mass is 502 g/mol. The van der Waals surface area contributed by atoms with Crippen molar-refractivity contribution in [2.45, 2.75) is 71.6 Å². The topological polar surface area (TPSA) is 89.9 Å². The van der Waals surface area contributed by atoms with Crippen molar-refractivity contribution in [3.05, 3.63) is 63.7 Å². The minimum atomic E-state index is -2.44. The molecule has 2 aromatic rings. The fraction of sp³-hybridized carbons (Fsp3) is 0.464. The molecule has 0 bridgehead atoms. The summed E-state index contributed by atoms with van der Waals surface area (Å²) in [6.07, 6.45) is 0. The van der Waals surface area contributed by atoms with E-state index in [0.29, 0.717) is 16.1 Å². The molecule has 0 unspecified atom stereocenters. The Morgan fingerprint density at radius 1 is 0.800 bits per heavy atom. The zero-order valence-corrected chi connectivity index (χ0v) is 22.5. The molecule has 2 aromatic carbocycles. The first-order valence-corrected chi connectivity index (χ1v) is 12.0. The van der Waals surface area contributed by atoms with Crippen LogP contribution in [0, 0.1) is 0 Å². The number of Topliss-reactive ketones (excluding diaryl/α,β-unsaturated/α-hetero) is 1. The number of carbonyl (C=O) groups is 3. The molecule has 0 spiro atoms. The van der Waals surface area contributed by atoms with Crippen LogP contribution in [0.25, 0.3) is 0 Å². The average molecular weight is 503 g/mol. The molecule has 7 heteroatoms. The first-order valence-electron chi connectivity index (χ1n) is 11.7. The number of esters is 2. The molecule has 0 saturated carbocycles. The predicted octanol–water partition coefficient (Wildman–Crippen LogP) is 5.89. The third-order valence-corrected chi connectivity index (χ3v) is 6.02. The third kappa shape index (κ3) is 5.53. The average Bonchev–Trinajstić information content (AvgIpc) is 2.74. The van der Waals surface area contributed by atoms with Gasteiger partial charge in [0, 0.05) is 10.6 Å². The second-order valence-electron chi connectivity index (χ2n) is 10.4. The molecule has 0 heterocycles. The van der Waals surface area contributed by atoms with Gasteiger partial charge in [0.05, 0.1) is 13.2 Å². The Morgan fingerprint density at radius 3 is 1.54 bits per heavy atom. The normalized spacial score (nSPS) is 12.3. The molecular formula is C28H35ClO6. The number of hydrogen-bond donors (Lipinski definition) is 1. The van der Waals surface area contributed by atoms with Crippen LogP contribution in [-0.4, -0.2) is 36.0 Å². The van der Waals surface area contributed by atoms with E-state index in [4.69, 9.17) is 21.1 Å². The number of carbonyl (C=O) groups excluding carboxylic acids is 3. The van der Waals surface area contributed by atoms with Crippen LogP contribution in [0.4, 0.5) is 0 Å². The first-order chi connectivity index (χ1) is 16.1. The van der Waals surface area contributed by atoms with Crippen LogP contribution < -0.4 is 0 Å². The summed E-state index contributed by atoms with van der Waals surface area (Å²) in [5.41, 5.74) is -2.42. The Hall–Kier alpha value is -2.86. The molecule has 1 N–H and O–H groups in total. The van der Waals surface area contributed by atoms with Crippen LogP contribution in [0.2, 0.25) is 5.02 Å². The molecule has 190 valence electrons. The molecule has 0 aliphatic carbocycles. The van der Waals surface area contributed by atoms with E-state index >= 15 is 0 Å². The zero-order chi connectivity index (χ0) is 26.8. The van der Waals surface area contributed by atoms with Crippen molar-refractivity contribution in [2.24, 2.45) is 0 Å². The van der Waals surface area contributed by atoms with Crippen LogP contribution in [0.1, 0.15) is 82.4 Å². The summed E-state index contributed by atoms with van der Waals surface area (Å²) in [4.78, 5) is 41.4. The highest BCUT2D eigenvalue weighted by Gasteiger charge is 2.58. The highest BCUT2D eigenvalue weighted by Crippen LogP contribution is 2.44. The van der Waals surface area contributed by atoms with Crippen LogP contribution in [0.5, 0.6) is 5.75 Å². The van der Waals surface area contributed by atoms with E-state index in [9.17, 15) is 19.5 Å². The summed E-state index contributed by atoms with van der Waals surface area (Å²) in [6.45, 7) is 14.5. The summed E-state index contributed by atoms with van der Waals surface area (Å²) < 4.78 is 10.7. The molecule has 0 atom stereocenters. The van der Waals surface area contributed by atoms with Crippen molar-refractivity contribution in [2.75, 3.05) is 13.2 Å². The van der Waals surface area contributed by atoms with Crippen molar-refractivity contribution >= 4 is 29.3 Å². The van der Waals surface area contributed by atoms with Gasteiger partial charge in [-0.1, -0.05) is 53.1 Å². The van der Waals surface area contributed by atoms with Gasteiger partial charge in [0.2, 0.25) is 0 Å². The molecule has 0 amide bonds. The second-order valence-corrected chi connectivity index (χ2v) is 10.9. The maximum absolute atomic E-state index is 14.1. The van der Waals surface area contributed by atoms with Crippen LogP contribution in [0.15, 0.2) is 36.4 Å². The summed E-state index contributed by atoms with van der Waals surface area (Å²) in [5, 5.41) is 11.6. The molecule has 6 nitrogen and oxygen atoms in total. The van der Waals surface area contributed by atoms with Gasteiger partial charge < -0.3 is 14.6 Å². The summed E-state index contributed by atoms with van der Waals surface area (Å²) in [6, 6.07) is 8.99. The zero-order valence-electron chi connectivity index (χ0n) is 21.7. The van der Waals surface area contributed by atoms with Gasteiger partial charge in [-0.15, -0.1) is 0 Å². The summed E-state index contributed by atoms with van der Waals surface area (Å²) >= 11 is 6.01. The van der Waals surface area contributed by atoms with Crippen molar-refractivity contribution in [3.8, 4) is 5.75 Å². The van der Waals surface area contributed by atoms with Gasteiger partial charge in [-0.3, -0.25) is 4.79 Å². The van der Waals surface area contributed by atoms with Crippen LogP contribution >= 0.6 is 11.6 Å². The van der Waals surface area contributed by atoms with Gasteiger partial charge in [0.1, 0.15) is 5.75 Å². The smallest absolute Gasteiger partial charge is 0.336 e. The number of benzene rings is 2. The Bertz CT molecular complexity index is 1050. The Morgan fingerprint density at radius 2 is 1.20 bits per heavy atom. The lowest BCUT2D eigenvalue weighted by molar-refractivity contribution is -0.161. The van der Waals surface area contributed by atoms with Crippen molar-refractivity contribution < 1.29 is 29.0 Å². The van der Waals surface area contributed by atoms with E-state index in [1.54, 1.807) is 13.8 Å². The van der Waals surface area contributed by atoms with Crippen molar-refractivity contribution in [3.63, 3.8) is 0 Å². The number of ketones is 1.